The zero-order valence-electron chi connectivity index (χ0n) is 11.8. The van der Waals surface area contributed by atoms with Crippen molar-refractivity contribution < 1.29 is 9.72 Å². The van der Waals surface area contributed by atoms with E-state index in [9.17, 15) is 14.9 Å². The first-order valence-corrected chi connectivity index (χ1v) is 7.88. The Bertz CT molecular complexity index is 685. The molecule has 3 rings (SSSR count). The van der Waals surface area contributed by atoms with Crippen molar-refractivity contribution in [2.75, 3.05) is 5.32 Å². The fourth-order valence-electron chi connectivity index (χ4n) is 2.38. The van der Waals surface area contributed by atoms with Gasteiger partial charge in [-0.1, -0.05) is 0 Å². The van der Waals surface area contributed by atoms with Crippen LogP contribution in [0.2, 0.25) is 0 Å². The van der Waals surface area contributed by atoms with E-state index in [0.717, 1.165) is 25.0 Å². The number of amides is 1. The number of aryl methyl sites for hydroxylation is 3. The van der Waals surface area contributed by atoms with Gasteiger partial charge in [-0.2, -0.15) is 0 Å². The molecule has 0 spiro atoms. The van der Waals surface area contributed by atoms with E-state index in [1.165, 1.54) is 28.4 Å². The Kier molecular flexibility index (Phi) is 4.14. The SMILES string of the molecule is O=C(CCn1cnc([N+](=O)[O-])c1)Nc1nc2c(s1)CCCC2. The number of hydrogen-bond donors (Lipinski definition) is 1. The van der Waals surface area contributed by atoms with Crippen molar-refractivity contribution in [2.24, 2.45) is 0 Å². The molecule has 0 fully saturated rings. The van der Waals surface area contributed by atoms with Gasteiger partial charge in [-0.3, -0.25) is 4.79 Å². The molecule has 0 saturated carbocycles. The van der Waals surface area contributed by atoms with E-state index in [-0.39, 0.29) is 18.1 Å². The van der Waals surface area contributed by atoms with Gasteiger partial charge >= 0.3 is 5.82 Å². The Labute approximate surface area is 130 Å². The highest BCUT2D eigenvalue weighted by atomic mass is 32.1. The second-order valence-corrected chi connectivity index (χ2v) is 6.20. The Morgan fingerprint density at radius 1 is 1.45 bits per heavy atom. The largest absolute Gasteiger partial charge is 0.381 e. The maximum absolute atomic E-state index is 11.9. The minimum Gasteiger partial charge on any atom is -0.358 e. The third kappa shape index (κ3) is 3.30. The predicted molar refractivity (Wildman–Crippen MR) is 80.9 cm³/mol. The summed E-state index contributed by atoms with van der Waals surface area (Å²) in [4.78, 5) is 31.3. The van der Waals surface area contributed by atoms with Gasteiger partial charge in [0.15, 0.2) is 5.13 Å². The molecule has 9 heteroatoms. The maximum Gasteiger partial charge on any atom is 0.381 e. The van der Waals surface area contributed by atoms with Crippen LogP contribution in [0.3, 0.4) is 0 Å². The van der Waals surface area contributed by atoms with Gasteiger partial charge in [0.2, 0.25) is 12.2 Å². The van der Waals surface area contributed by atoms with E-state index in [0.29, 0.717) is 11.7 Å². The molecule has 0 saturated heterocycles. The average Bonchev–Trinajstić information content (AvgIpc) is 3.11. The molecule has 2 heterocycles. The molecular weight excluding hydrogens is 306 g/mol. The van der Waals surface area contributed by atoms with E-state index in [4.69, 9.17) is 0 Å². The summed E-state index contributed by atoms with van der Waals surface area (Å²) in [6.07, 6.45) is 7.26. The molecule has 0 unspecified atom stereocenters. The van der Waals surface area contributed by atoms with Gasteiger partial charge in [0, 0.05) is 17.8 Å². The number of anilines is 1. The van der Waals surface area contributed by atoms with Gasteiger partial charge in [0.1, 0.15) is 6.20 Å². The highest BCUT2D eigenvalue weighted by Crippen LogP contribution is 2.29. The molecule has 116 valence electrons. The minimum absolute atomic E-state index is 0.151. The highest BCUT2D eigenvalue weighted by molar-refractivity contribution is 7.15. The first-order valence-electron chi connectivity index (χ1n) is 7.06. The minimum atomic E-state index is -0.559. The fourth-order valence-corrected chi connectivity index (χ4v) is 3.45. The first-order chi connectivity index (χ1) is 10.6. The summed E-state index contributed by atoms with van der Waals surface area (Å²) >= 11 is 1.54. The van der Waals surface area contributed by atoms with Crippen LogP contribution in [-0.4, -0.2) is 25.4 Å². The monoisotopic (exact) mass is 321 g/mol. The lowest BCUT2D eigenvalue weighted by atomic mass is 10.0. The molecule has 0 bridgehead atoms. The lowest BCUT2D eigenvalue weighted by molar-refractivity contribution is -0.389. The molecule has 0 atom stereocenters. The second-order valence-electron chi connectivity index (χ2n) is 5.12. The van der Waals surface area contributed by atoms with Crippen molar-refractivity contribution in [3.05, 3.63) is 33.2 Å². The van der Waals surface area contributed by atoms with E-state index in [1.54, 1.807) is 11.3 Å². The Hall–Kier alpha value is -2.29. The number of carbonyl (C=O) groups excluding carboxylic acids is 1. The van der Waals surface area contributed by atoms with Gasteiger partial charge in [0.05, 0.1) is 5.69 Å². The zero-order valence-corrected chi connectivity index (χ0v) is 12.6. The van der Waals surface area contributed by atoms with Crippen LogP contribution in [0.5, 0.6) is 0 Å². The Morgan fingerprint density at radius 3 is 3.00 bits per heavy atom. The van der Waals surface area contributed by atoms with Crippen LogP contribution < -0.4 is 5.32 Å². The molecule has 2 aromatic heterocycles. The predicted octanol–water partition coefficient (Wildman–Crippen LogP) is 2.16. The first kappa shape index (κ1) is 14.6. The van der Waals surface area contributed by atoms with E-state index < -0.39 is 4.92 Å². The summed E-state index contributed by atoms with van der Waals surface area (Å²) in [6.45, 7) is 0.345. The van der Waals surface area contributed by atoms with Crippen LogP contribution in [-0.2, 0) is 24.2 Å². The van der Waals surface area contributed by atoms with Crippen molar-refractivity contribution in [3.63, 3.8) is 0 Å². The molecular formula is C13H15N5O3S. The standard InChI is InChI=1S/C13H15N5O3S/c19-12(5-6-17-7-11(14-8-17)18(20)21)16-13-15-9-3-1-2-4-10(9)22-13/h7-8H,1-6H2,(H,15,16,19). The fraction of sp³-hybridized carbons (Fsp3) is 0.462. The molecule has 1 aliphatic rings. The lowest BCUT2D eigenvalue weighted by Crippen LogP contribution is -2.14. The van der Waals surface area contributed by atoms with E-state index in [1.807, 2.05) is 0 Å². The summed E-state index contributed by atoms with van der Waals surface area (Å²) in [6, 6.07) is 0. The van der Waals surface area contributed by atoms with E-state index in [2.05, 4.69) is 15.3 Å². The molecule has 0 aliphatic heterocycles. The quantitative estimate of drug-likeness (QED) is 0.671. The normalized spacial score (nSPS) is 13.6. The Balaban J connectivity index is 1.53. The van der Waals surface area contributed by atoms with Crippen molar-refractivity contribution in [1.29, 1.82) is 0 Å². The third-order valence-electron chi connectivity index (χ3n) is 3.50. The van der Waals surface area contributed by atoms with Gasteiger partial charge in [-0.05, 0) is 35.6 Å². The van der Waals surface area contributed by atoms with Crippen LogP contribution in [0, 0.1) is 10.1 Å². The van der Waals surface area contributed by atoms with Crippen molar-refractivity contribution in [3.8, 4) is 0 Å². The second kappa shape index (κ2) is 6.22. The number of hydrogen-bond acceptors (Lipinski definition) is 6. The lowest BCUT2D eigenvalue weighted by Gasteiger charge is -2.06. The number of nitrogens with zero attached hydrogens (tertiary/aromatic N) is 4. The molecule has 0 aromatic carbocycles. The molecule has 1 aliphatic carbocycles. The van der Waals surface area contributed by atoms with Crippen molar-refractivity contribution >= 4 is 28.2 Å². The number of thiazole rings is 1. The molecule has 22 heavy (non-hydrogen) atoms. The third-order valence-corrected chi connectivity index (χ3v) is 4.57. The zero-order chi connectivity index (χ0) is 15.5. The number of fused-ring (bicyclic) bond motifs is 1. The summed E-state index contributed by atoms with van der Waals surface area (Å²) in [5.74, 6) is -0.365. The number of carbonyl (C=O) groups is 1. The van der Waals surface area contributed by atoms with Gasteiger partial charge < -0.3 is 20.0 Å². The molecule has 1 amide bonds. The van der Waals surface area contributed by atoms with Gasteiger partial charge in [-0.25, -0.2) is 4.98 Å². The summed E-state index contributed by atoms with van der Waals surface area (Å²) in [5, 5.41) is 14.0. The van der Waals surface area contributed by atoms with Crippen LogP contribution in [0.15, 0.2) is 12.5 Å². The van der Waals surface area contributed by atoms with Crippen LogP contribution in [0.25, 0.3) is 0 Å². The van der Waals surface area contributed by atoms with Crippen LogP contribution in [0.4, 0.5) is 10.9 Å². The van der Waals surface area contributed by atoms with Crippen molar-refractivity contribution in [2.45, 2.75) is 38.6 Å². The number of rotatable bonds is 5. The molecule has 8 nitrogen and oxygen atoms in total. The summed E-state index contributed by atoms with van der Waals surface area (Å²) < 4.78 is 1.53. The number of imidazole rings is 1. The van der Waals surface area contributed by atoms with Gasteiger partial charge in [0.25, 0.3) is 0 Å². The van der Waals surface area contributed by atoms with Crippen molar-refractivity contribution in [1.82, 2.24) is 14.5 Å². The smallest absolute Gasteiger partial charge is 0.358 e. The van der Waals surface area contributed by atoms with E-state index >= 15 is 0 Å². The highest BCUT2D eigenvalue weighted by Gasteiger charge is 2.16. The van der Waals surface area contributed by atoms with Crippen LogP contribution in [0.1, 0.15) is 29.8 Å². The number of nitrogens with one attached hydrogen (secondary N) is 1. The summed E-state index contributed by atoms with van der Waals surface area (Å²) in [5.41, 5.74) is 1.11. The van der Waals surface area contributed by atoms with Gasteiger partial charge in [-0.15, -0.1) is 11.3 Å². The molecule has 2 aromatic rings. The average molecular weight is 321 g/mol. The number of aromatic nitrogens is 3. The Morgan fingerprint density at radius 2 is 2.27 bits per heavy atom. The maximum atomic E-state index is 11.9. The molecule has 1 N–H and O–H groups in total. The number of nitro groups is 1. The topological polar surface area (TPSA) is 103 Å². The van der Waals surface area contributed by atoms with Crippen LogP contribution >= 0.6 is 11.3 Å². The molecule has 0 radical (unpaired) electrons. The summed E-state index contributed by atoms with van der Waals surface area (Å²) in [7, 11) is 0.